The normalized spacial score (nSPS) is 13.1. The quantitative estimate of drug-likeness (QED) is 0.822. The van der Waals surface area contributed by atoms with E-state index in [2.05, 4.69) is 26.1 Å². The van der Waals surface area contributed by atoms with Crippen molar-refractivity contribution in [1.29, 1.82) is 0 Å². The lowest BCUT2D eigenvalue weighted by Crippen LogP contribution is -2.24. The van der Waals surface area contributed by atoms with Gasteiger partial charge in [0.25, 0.3) is 0 Å². The van der Waals surface area contributed by atoms with Crippen molar-refractivity contribution < 1.29 is 0 Å². The zero-order valence-electron chi connectivity index (χ0n) is 10.1. The molecule has 90 valence electrons. The summed E-state index contributed by atoms with van der Waals surface area (Å²) in [5.41, 5.74) is 1.14. The van der Waals surface area contributed by atoms with Gasteiger partial charge in [-0.25, -0.2) is 0 Å². The Morgan fingerprint density at radius 1 is 1.19 bits per heavy atom. The minimum atomic E-state index is 0.428. The second-order valence-electron chi connectivity index (χ2n) is 4.46. The van der Waals surface area contributed by atoms with E-state index < -0.39 is 0 Å². The van der Waals surface area contributed by atoms with Crippen molar-refractivity contribution in [3.8, 4) is 0 Å². The summed E-state index contributed by atoms with van der Waals surface area (Å²) in [5.74, 6) is 0.428. The van der Waals surface area contributed by atoms with Gasteiger partial charge in [-0.1, -0.05) is 44.0 Å². The first kappa shape index (κ1) is 13.8. The molecule has 1 rings (SSSR count). The largest absolute Gasteiger partial charge is 0.315 e. The topological polar surface area (TPSA) is 12.0 Å². The van der Waals surface area contributed by atoms with Gasteiger partial charge < -0.3 is 5.32 Å². The summed E-state index contributed by atoms with van der Waals surface area (Å²) >= 11 is 12.1. The second-order valence-corrected chi connectivity index (χ2v) is 5.31. The van der Waals surface area contributed by atoms with E-state index in [1.54, 1.807) is 0 Å². The monoisotopic (exact) mass is 259 g/mol. The average Bonchev–Trinajstić information content (AvgIpc) is 2.21. The van der Waals surface area contributed by atoms with Crippen molar-refractivity contribution in [2.24, 2.45) is 0 Å². The maximum absolute atomic E-state index is 6.15. The van der Waals surface area contributed by atoms with Gasteiger partial charge in [0.2, 0.25) is 0 Å². The molecule has 0 bridgehead atoms. The molecule has 0 spiro atoms. The van der Waals surface area contributed by atoms with Crippen LogP contribution in [0.25, 0.3) is 0 Å². The Kier molecular flexibility index (Phi) is 5.60. The Balaban J connectivity index is 2.58. The van der Waals surface area contributed by atoms with Gasteiger partial charge in [-0.3, -0.25) is 0 Å². The summed E-state index contributed by atoms with van der Waals surface area (Å²) in [6, 6.07) is 6.18. The molecule has 1 unspecified atom stereocenters. The molecule has 0 heterocycles. The van der Waals surface area contributed by atoms with Crippen LogP contribution in [0.15, 0.2) is 18.2 Å². The van der Waals surface area contributed by atoms with Crippen LogP contribution >= 0.6 is 23.2 Å². The average molecular weight is 260 g/mol. The van der Waals surface area contributed by atoms with Crippen LogP contribution in [0, 0.1) is 0 Å². The summed E-state index contributed by atoms with van der Waals surface area (Å²) in [4.78, 5) is 0. The minimum absolute atomic E-state index is 0.428. The number of hydrogen-bond donors (Lipinski definition) is 1. The predicted molar refractivity (Wildman–Crippen MR) is 72.6 cm³/mol. The fraction of sp³-hybridized carbons (Fsp3) is 0.538. The lowest BCUT2D eigenvalue weighted by atomic mass is 9.97. The minimum Gasteiger partial charge on any atom is -0.315 e. The van der Waals surface area contributed by atoms with Crippen molar-refractivity contribution in [2.45, 2.75) is 39.2 Å². The summed E-state index contributed by atoms with van der Waals surface area (Å²) < 4.78 is 0. The van der Waals surface area contributed by atoms with E-state index in [9.17, 15) is 0 Å². The maximum atomic E-state index is 6.15. The molecule has 0 aliphatic rings. The smallest absolute Gasteiger partial charge is 0.0441 e. The fourth-order valence-corrected chi connectivity index (χ4v) is 2.12. The van der Waals surface area contributed by atoms with Crippen molar-refractivity contribution in [2.75, 3.05) is 6.54 Å². The van der Waals surface area contributed by atoms with E-state index in [1.807, 2.05) is 18.2 Å². The lowest BCUT2D eigenvalue weighted by Gasteiger charge is -2.15. The van der Waals surface area contributed by atoms with Gasteiger partial charge in [0, 0.05) is 16.1 Å². The molecule has 16 heavy (non-hydrogen) atoms. The fourth-order valence-electron chi connectivity index (χ4n) is 1.64. The third kappa shape index (κ3) is 4.32. The number of hydrogen-bond acceptors (Lipinski definition) is 1. The van der Waals surface area contributed by atoms with Crippen LogP contribution in [0.4, 0.5) is 0 Å². The van der Waals surface area contributed by atoms with Crippen molar-refractivity contribution in [3.05, 3.63) is 33.8 Å². The van der Waals surface area contributed by atoms with Gasteiger partial charge in [0.15, 0.2) is 0 Å². The van der Waals surface area contributed by atoms with Crippen LogP contribution in [0.1, 0.15) is 38.7 Å². The van der Waals surface area contributed by atoms with Crippen LogP contribution < -0.4 is 5.32 Å². The molecule has 1 atom stereocenters. The van der Waals surface area contributed by atoms with E-state index in [0.717, 1.165) is 28.6 Å². The third-order valence-corrected chi connectivity index (χ3v) is 3.20. The molecule has 0 aromatic heterocycles. The molecule has 0 aliphatic carbocycles. The molecule has 0 aliphatic heterocycles. The number of benzene rings is 1. The summed E-state index contributed by atoms with van der Waals surface area (Å²) in [6.07, 6.45) is 1.07. The van der Waals surface area contributed by atoms with Crippen LogP contribution in [0.5, 0.6) is 0 Å². The maximum Gasteiger partial charge on any atom is 0.0441 e. The van der Waals surface area contributed by atoms with Crippen LogP contribution in [-0.4, -0.2) is 12.6 Å². The Labute approximate surface area is 108 Å². The molecule has 0 fully saturated rings. The van der Waals surface area contributed by atoms with E-state index in [-0.39, 0.29) is 0 Å². The third-order valence-electron chi connectivity index (χ3n) is 2.62. The molecule has 1 N–H and O–H groups in total. The summed E-state index contributed by atoms with van der Waals surface area (Å²) in [6.45, 7) is 7.48. The summed E-state index contributed by atoms with van der Waals surface area (Å²) in [5, 5.41) is 4.96. The van der Waals surface area contributed by atoms with Gasteiger partial charge in [-0.05, 0) is 42.6 Å². The Hall–Kier alpha value is -0.240. The Bertz CT molecular complexity index is 337. The van der Waals surface area contributed by atoms with Gasteiger partial charge in [-0.2, -0.15) is 0 Å². The van der Waals surface area contributed by atoms with E-state index >= 15 is 0 Å². The predicted octanol–water partition coefficient (Wildman–Crippen LogP) is 4.49. The number of halogens is 2. The van der Waals surface area contributed by atoms with Crippen molar-refractivity contribution >= 4 is 23.2 Å². The highest BCUT2D eigenvalue weighted by Crippen LogP contribution is 2.29. The van der Waals surface area contributed by atoms with E-state index in [0.29, 0.717) is 12.0 Å². The molecule has 0 saturated carbocycles. The van der Waals surface area contributed by atoms with E-state index in [1.165, 1.54) is 0 Å². The molecule has 1 aromatic carbocycles. The molecular weight excluding hydrogens is 241 g/mol. The Morgan fingerprint density at radius 3 is 2.50 bits per heavy atom. The number of rotatable bonds is 5. The lowest BCUT2D eigenvalue weighted by molar-refractivity contribution is 0.541. The van der Waals surface area contributed by atoms with Crippen molar-refractivity contribution in [1.82, 2.24) is 5.32 Å². The molecule has 1 aromatic rings. The molecule has 0 saturated heterocycles. The highest BCUT2D eigenvalue weighted by atomic mass is 35.5. The van der Waals surface area contributed by atoms with Gasteiger partial charge in [-0.15, -0.1) is 0 Å². The Morgan fingerprint density at radius 2 is 1.88 bits per heavy atom. The number of nitrogens with one attached hydrogen (secondary N) is 1. The molecule has 0 amide bonds. The molecule has 1 nitrogen and oxygen atoms in total. The molecule has 3 heteroatoms. The zero-order valence-corrected chi connectivity index (χ0v) is 11.6. The van der Waals surface area contributed by atoms with Crippen molar-refractivity contribution in [3.63, 3.8) is 0 Å². The van der Waals surface area contributed by atoms with Crippen LogP contribution in [-0.2, 0) is 0 Å². The zero-order chi connectivity index (χ0) is 12.1. The van der Waals surface area contributed by atoms with Gasteiger partial charge >= 0.3 is 0 Å². The summed E-state index contributed by atoms with van der Waals surface area (Å²) in [7, 11) is 0. The molecule has 0 radical (unpaired) electrons. The molecular formula is C13H19Cl2N. The first-order chi connectivity index (χ1) is 7.50. The second kappa shape index (κ2) is 6.48. The first-order valence-electron chi connectivity index (χ1n) is 5.69. The van der Waals surface area contributed by atoms with Crippen LogP contribution in [0.2, 0.25) is 10.0 Å². The first-order valence-corrected chi connectivity index (χ1v) is 6.44. The van der Waals surface area contributed by atoms with E-state index in [4.69, 9.17) is 23.2 Å². The van der Waals surface area contributed by atoms with Gasteiger partial charge in [0.05, 0.1) is 0 Å². The SMILES string of the molecule is CC(C)NCCC(C)c1cc(Cl)ccc1Cl. The van der Waals surface area contributed by atoms with Gasteiger partial charge in [0.1, 0.15) is 0 Å². The highest BCUT2D eigenvalue weighted by Gasteiger charge is 2.10. The highest BCUT2D eigenvalue weighted by molar-refractivity contribution is 6.33. The standard InChI is InChI=1S/C13H19Cl2N/c1-9(2)16-7-6-10(3)12-8-11(14)4-5-13(12)15/h4-5,8-10,16H,6-7H2,1-3H3. The van der Waals surface area contributed by atoms with Crippen LogP contribution in [0.3, 0.4) is 0 Å².